The molecule has 4 aromatic heterocycles. The number of aryl methyl sites for hydroxylation is 2. The Morgan fingerprint density at radius 2 is 1.51 bits per heavy atom. The number of rotatable bonds is 8. The van der Waals surface area contributed by atoms with Gasteiger partial charge in [0.05, 0.1) is 22.4 Å². The number of hydrogen-bond acceptors (Lipinski definition) is 4. The van der Waals surface area contributed by atoms with Gasteiger partial charge in [0.25, 0.3) is 0 Å². The van der Waals surface area contributed by atoms with Gasteiger partial charge < -0.3 is 8.98 Å². The van der Waals surface area contributed by atoms with Crippen LogP contribution in [0.25, 0.3) is 72.2 Å². The average Bonchev–Trinajstić information content (AvgIpc) is 3.79. The third-order valence-electron chi connectivity index (χ3n) is 11.5. The third kappa shape index (κ3) is 8.65. The Hall–Kier alpha value is -4.88. The topological polar surface area (TPSA) is 56.7 Å². The van der Waals surface area contributed by atoms with Crippen molar-refractivity contribution >= 4 is 61.5 Å². The number of benzene rings is 5. The molecule has 5 nitrogen and oxygen atoms in total. The van der Waals surface area contributed by atoms with E-state index in [-0.39, 0.29) is 20.1 Å². The molecule has 0 amide bonds. The second kappa shape index (κ2) is 17.8. The zero-order chi connectivity index (χ0) is 42.5. The van der Waals surface area contributed by atoms with E-state index in [2.05, 4.69) is 167 Å². The number of fused-ring (bicyclic) bond motifs is 5. The number of aromatic nitrogens is 4. The third-order valence-corrected chi connectivity index (χ3v) is 15.8. The number of nitrogens with zero attached hydrogens (tertiary/aromatic N) is 4. The molecule has 9 rings (SSSR count). The Kier molecular flexibility index (Phi) is 12.9. The number of hydrogen-bond donors (Lipinski definition) is 0. The molecule has 0 aliphatic rings. The van der Waals surface area contributed by atoms with E-state index in [1.807, 2.05) is 31.2 Å². The SMILES string of the molecule is CC(C)Cc1cc(-c2[c-]cccc2)nc[c]1[Ge]([CH3])([CH3])[CH3].Cc1ccc2c(n1)oc1c(-c3nc4ccccc4n3-c3c(C(C)C)cc4ccccc4c3C(C)C)[c-]cc(C)c12.[Ir]. The first kappa shape index (κ1) is 44.2. The van der Waals surface area contributed by atoms with Crippen LogP contribution in [0.4, 0.5) is 0 Å². The maximum absolute atomic E-state index is 6.52. The largest absolute Gasteiger partial charge is 0.486 e. The van der Waals surface area contributed by atoms with Gasteiger partial charge in [-0.3, -0.25) is 4.98 Å². The van der Waals surface area contributed by atoms with Crippen molar-refractivity contribution in [2.24, 2.45) is 5.92 Å². The molecule has 4 heterocycles. The van der Waals surface area contributed by atoms with Crippen molar-refractivity contribution < 1.29 is 24.5 Å². The van der Waals surface area contributed by atoms with Crippen molar-refractivity contribution in [2.75, 3.05) is 0 Å². The van der Waals surface area contributed by atoms with Crippen LogP contribution in [0.15, 0.2) is 114 Å². The van der Waals surface area contributed by atoms with Gasteiger partial charge in [0, 0.05) is 36.9 Å². The first-order valence-corrected chi connectivity index (χ1v) is 28.8. The minimum atomic E-state index is -1.86. The fraction of sp³-hybridized carbons (Fsp3) is 0.278. The molecule has 5 aromatic carbocycles. The van der Waals surface area contributed by atoms with Gasteiger partial charge in [-0.15, -0.1) is 17.7 Å². The molecule has 0 spiro atoms. The van der Waals surface area contributed by atoms with Gasteiger partial charge in [0.1, 0.15) is 0 Å². The first-order valence-electron chi connectivity index (χ1n) is 21.4. The quantitative estimate of drug-likeness (QED) is 0.112. The maximum Gasteiger partial charge on any atom is 0.216 e. The van der Waals surface area contributed by atoms with Crippen molar-refractivity contribution in [1.29, 1.82) is 0 Å². The summed E-state index contributed by atoms with van der Waals surface area (Å²) >= 11 is -1.86. The Morgan fingerprint density at radius 3 is 2.21 bits per heavy atom. The molecule has 313 valence electrons. The van der Waals surface area contributed by atoms with E-state index in [0.29, 0.717) is 23.5 Å². The predicted molar refractivity (Wildman–Crippen MR) is 256 cm³/mol. The molecule has 0 fully saturated rings. The van der Waals surface area contributed by atoms with E-state index in [4.69, 9.17) is 19.4 Å². The molecular formula is C54H56GeIrN4O-2. The predicted octanol–water partition coefficient (Wildman–Crippen LogP) is 14.1. The summed E-state index contributed by atoms with van der Waals surface area (Å²) in [5.74, 6) is 9.44. The van der Waals surface area contributed by atoms with E-state index < -0.39 is 13.3 Å². The molecule has 7 heteroatoms. The van der Waals surface area contributed by atoms with Crippen molar-refractivity contribution in [1.82, 2.24) is 19.5 Å². The van der Waals surface area contributed by atoms with Gasteiger partial charge in [-0.25, -0.2) is 4.98 Å². The molecule has 0 saturated heterocycles. The summed E-state index contributed by atoms with van der Waals surface area (Å²) in [5, 5.41) is 4.64. The second-order valence-electron chi connectivity index (χ2n) is 18.3. The van der Waals surface area contributed by atoms with Gasteiger partial charge in [-0.1, -0.05) is 82.0 Å². The number of furan rings is 1. The molecule has 1 radical (unpaired) electrons. The monoisotopic (exact) mass is 1040 g/mol. The van der Waals surface area contributed by atoms with Gasteiger partial charge in [-0.2, -0.15) is 0 Å². The van der Waals surface area contributed by atoms with Crippen LogP contribution in [0, 0.1) is 31.9 Å². The summed E-state index contributed by atoms with van der Waals surface area (Å²) in [6, 6.07) is 43.0. The molecule has 0 aliphatic carbocycles. The fourth-order valence-corrected chi connectivity index (χ4v) is 12.0. The number of pyridine rings is 2. The molecule has 61 heavy (non-hydrogen) atoms. The molecule has 9 aromatic rings. The molecule has 0 saturated carbocycles. The van der Waals surface area contributed by atoms with Gasteiger partial charge >= 0.3 is 126 Å². The Labute approximate surface area is 377 Å². The van der Waals surface area contributed by atoms with Gasteiger partial charge in [0.2, 0.25) is 5.71 Å². The summed E-state index contributed by atoms with van der Waals surface area (Å²) in [7, 11) is 0. The van der Waals surface area contributed by atoms with E-state index in [1.165, 1.54) is 33.2 Å². The zero-order valence-corrected chi connectivity index (χ0v) is 41.9. The molecule has 0 atom stereocenters. The standard InChI is InChI=1S/C36H32N3O.C18H24GeN.Ir/c1-20(2)28-19-24-11-7-8-12-25(24)31(21(3)4)33(28)39-30-14-10-9-13-29(30)38-35(39)27-17-15-22(5)32-26-18-16-23(6)37-36(26)40-34(27)32;1-14(2)11-16-12-18(15-9-7-6-8-10-15)20-13-17(16)19(3,4)5;/h7-16,18-21H,1-6H3;6-9,12-14H,11H2,1-5H3;/q2*-1;. The van der Waals surface area contributed by atoms with Crippen molar-refractivity contribution in [3.8, 4) is 28.3 Å². The second-order valence-corrected chi connectivity index (χ2v) is 28.9. The van der Waals surface area contributed by atoms with Crippen LogP contribution in [-0.4, -0.2) is 32.8 Å². The molecule has 0 unspecified atom stereocenters. The zero-order valence-electron chi connectivity index (χ0n) is 37.4. The van der Waals surface area contributed by atoms with Gasteiger partial charge in [-0.05, 0) is 71.0 Å². The number of para-hydroxylation sites is 2. The first-order chi connectivity index (χ1) is 28.7. The summed E-state index contributed by atoms with van der Waals surface area (Å²) in [5.41, 5.74) is 13.8. The van der Waals surface area contributed by atoms with Crippen LogP contribution in [0.2, 0.25) is 17.3 Å². The van der Waals surface area contributed by atoms with E-state index in [1.54, 1.807) is 4.40 Å². The minimum Gasteiger partial charge on any atom is -0.486 e. The van der Waals surface area contributed by atoms with E-state index in [9.17, 15) is 0 Å². The van der Waals surface area contributed by atoms with Crippen LogP contribution >= 0.6 is 0 Å². The van der Waals surface area contributed by atoms with Gasteiger partial charge in [0.15, 0.2) is 0 Å². The van der Waals surface area contributed by atoms with Crippen molar-refractivity contribution in [2.45, 2.75) is 90.9 Å². The summed E-state index contributed by atoms with van der Waals surface area (Å²) < 4.78 is 10.4. The van der Waals surface area contributed by atoms with Crippen molar-refractivity contribution in [3.63, 3.8) is 0 Å². The Bertz CT molecular complexity index is 3010. The molecule has 0 N–H and O–H groups in total. The smallest absolute Gasteiger partial charge is 0.216 e. The maximum atomic E-state index is 6.52. The minimum absolute atomic E-state index is 0. The van der Waals surface area contributed by atoms with Crippen molar-refractivity contribution in [3.05, 3.63) is 149 Å². The normalized spacial score (nSPS) is 11.9. The summed E-state index contributed by atoms with van der Waals surface area (Å²) in [4.78, 5) is 14.7. The Morgan fingerprint density at radius 1 is 0.770 bits per heavy atom. The van der Waals surface area contributed by atoms with E-state index in [0.717, 1.165) is 67.7 Å². The molecular weight excluding hydrogens is 985 g/mol. The number of imidazole rings is 1. The molecule has 0 bridgehead atoms. The van der Waals surface area contributed by atoms with E-state index >= 15 is 0 Å². The molecule has 0 aliphatic heterocycles. The van der Waals surface area contributed by atoms with Crippen LogP contribution in [0.1, 0.15) is 81.3 Å². The van der Waals surface area contributed by atoms with Crippen LogP contribution in [0.3, 0.4) is 0 Å². The summed E-state index contributed by atoms with van der Waals surface area (Å²) in [6.07, 6.45) is 3.27. The van der Waals surface area contributed by atoms with Crippen LogP contribution < -0.4 is 4.40 Å². The fourth-order valence-electron chi connectivity index (χ4n) is 8.69. The Balaban J connectivity index is 0.000000226. The van der Waals surface area contributed by atoms with Crippen LogP contribution in [-0.2, 0) is 26.5 Å². The summed E-state index contributed by atoms with van der Waals surface area (Å²) in [6.45, 7) is 17.8. The average molecular weight is 1040 g/mol. The van der Waals surface area contributed by atoms with Crippen LogP contribution in [0.5, 0.6) is 0 Å².